The fourth-order valence-electron chi connectivity index (χ4n) is 1.47. The minimum atomic E-state index is -0.436. The van der Waals surface area contributed by atoms with Crippen LogP contribution in [0.5, 0.6) is 0 Å². The molecule has 1 aliphatic carbocycles. The van der Waals surface area contributed by atoms with E-state index in [0.717, 1.165) is 0 Å². The van der Waals surface area contributed by atoms with Crippen LogP contribution in [0.2, 0.25) is 0 Å². The van der Waals surface area contributed by atoms with Crippen molar-refractivity contribution in [2.75, 3.05) is 7.11 Å². The second kappa shape index (κ2) is 4.16. The topological polar surface area (TPSA) is 60.4 Å². The molecular weight excluding hydrogens is 172 g/mol. The molecule has 1 rings (SSSR count). The van der Waals surface area contributed by atoms with Gasteiger partial charge in [0.05, 0.1) is 13.5 Å². The predicted molar refractivity (Wildman–Crippen MR) is 44.0 cm³/mol. The zero-order chi connectivity index (χ0) is 9.84. The van der Waals surface area contributed by atoms with Crippen molar-refractivity contribution in [3.05, 3.63) is 0 Å². The Morgan fingerprint density at radius 3 is 2.85 bits per heavy atom. The van der Waals surface area contributed by atoms with Crippen LogP contribution >= 0.6 is 0 Å². The van der Waals surface area contributed by atoms with Gasteiger partial charge in [-0.3, -0.25) is 14.4 Å². The summed E-state index contributed by atoms with van der Waals surface area (Å²) in [6.07, 6.45) is 1.70. The third-order valence-corrected chi connectivity index (χ3v) is 2.24. The molecule has 0 aromatic heterocycles. The summed E-state index contributed by atoms with van der Waals surface area (Å²) in [5, 5.41) is 0. The standard InChI is InChI=1S/C9H12O4/c1-13-8(11)5-6-3-2-4-7(10)9(6)12/h6H,2-5H2,1H3. The fourth-order valence-corrected chi connectivity index (χ4v) is 1.47. The Bertz CT molecular complexity index is 244. The Kier molecular flexibility index (Phi) is 3.17. The molecule has 0 amide bonds. The number of carbonyl (C=O) groups is 3. The quantitative estimate of drug-likeness (QED) is 0.463. The Balaban J connectivity index is 2.54. The molecule has 1 atom stereocenters. The molecule has 0 radical (unpaired) electrons. The second-order valence-corrected chi connectivity index (χ2v) is 3.16. The molecule has 0 heterocycles. The van der Waals surface area contributed by atoms with E-state index in [1.165, 1.54) is 7.11 Å². The fraction of sp³-hybridized carbons (Fsp3) is 0.667. The molecule has 1 aliphatic rings. The van der Waals surface area contributed by atoms with Gasteiger partial charge in [-0.25, -0.2) is 0 Å². The van der Waals surface area contributed by atoms with Crippen molar-refractivity contribution in [2.45, 2.75) is 25.7 Å². The molecule has 0 aromatic rings. The Morgan fingerprint density at radius 2 is 2.23 bits per heavy atom. The van der Waals surface area contributed by atoms with Crippen LogP contribution in [0.3, 0.4) is 0 Å². The summed E-state index contributed by atoms with van der Waals surface area (Å²) < 4.78 is 4.43. The van der Waals surface area contributed by atoms with Gasteiger partial charge in [0.15, 0.2) is 5.78 Å². The van der Waals surface area contributed by atoms with Crippen LogP contribution in [0, 0.1) is 5.92 Å². The van der Waals surface area contributed by atoms with Crippen LogP contribution in [0.1, 0.15) is 25.7 Å². The number of rotatable bonds is 2. The molecule has 0 bridgehead atoms. The molecule has 0 N–H and O–H groups in total. The van der Waals surface area contributed by atoms with Gasteiger partial charge in [0.2, 0.25) is 5.78 Å². The largest absolute Gasteiger partial charge is 0.469 e. The number of carbonyl (C=O) groups excluding carboxylic acids is 3. The number of methoxy groups -OCH3 is 1. The second-order valence-electron chi connectivity index (χ2n) is 3.16. The first-order valence-corrected chi connectivity index (χ1v) is 4.29. The zero-order valence-electron chi connectivity index (χ0n) is 7.54. The number of ether oxygens (including phenoxy) is 1. The van der Waals surface area contributed by atoms with Gasteiger partial charge >= 0.3 is 5.97 Å². The van der Waals surface area contributed by atoms with E-state index < -0.39 is 17.7 Å². The highest BCUT2D eigenvalue weighted by Crippen LogP contribution is 2.21. The van der Waals surface area contributed by atoms with E-state index in [1.807, 2.05) is 0 Å². The molecule has 0 aliphatic heterocycles. The zero-order valence-corrected chi connectivity index (χ0v) is 7.54. The summed E-state index contributed by atoms with van der Waals surface area (Å²) >= 11 is 0. The Hall–Kier alpha value is -1.19. The highest BCUT2D eigenvalue weighted by Gasteiger charge is 2.30. The summed E-state index contributed by atoms with van der Waals surface area (Å²) in [7, 11) is 1.28. The van der Waals surface area contributed by atoms with Gasteiger partial charge in [-0.05, 0) is 12.8 Å². The van der Waals surface area contributed by atoms with Crippen molar-refractivity contribution < 1.29 is 19.1 Å². The van der Waals surface area contributed by atoms with Crippen LogP contribution in [0.25, 0.3) is 0 Å². The van der Waals surface area contributed by atoms with Crippen molar-refractivity contribution in [1.82, 2.24) is 0 Å². The monoisotopic (exact) mass is 184 g/mol. The highest BCUT2D eigenvalue weighted by molar-refractivity contribution is 6.38. The minimum Gasteiger partial charge on any atom is -0.469 e. The van der Waals surface area contributed by atoms with E-state index in [2.05, 4.69) is 4.74 Å². The first kappa shape index (κ1) is 9.89. The van der Waals surface area contributed by atoms with Gasteiger partial charge in [-0.2, -0.15) is 0 Å². The molecule has 1 fully saturated rings. The highest BCUT2D eigenvalue weighted by atomic mass is 16.5. The van der Waals surface area contributed by atoms with Gasteiger partial charge in [-0.15, -0.1) is 0 Å². The van der Waals surface area contributed by atoms with E-state index in [4.69, 9.17) is 0 Å². The lowest BCUT2D eigenvalue weighted by atomic mass is 9.85. The van der Waals surface area contributed by atoms with Gasteiger partial charge in [0.25, 0.3) is 0 Å². The summed E-state index contributed by atoms with van der Waals surface area (Å²) in [4.78, 5) is 33.0. The van der Waals surface area contributed by atoms with E-state index in [-0.39, 0.29) is 12.2 Å². The van der Waals surface area contributed by atoms with Gasteiger partial charge in [0.1, 0.15) is 0 Å². The maximum Gasteiger partial charge on any atom is 0.306 e. The first-order chi connectivity index (χ1) is 6.15. The molecule has 0 aromatic carbocycles. The number of Topliss-reactive ketones (excluding diaryl/α,β-unsaturated/α-hetero) is 2. The van der Waals surface area contributed by atoms with Crippen LogP contribution in [0.4, 0.5) is 0 Å². The third kappa shape index (κ3) is 2.37. The van der Waals surface area contributed by atoms with Crippen molar-refractivity contribution >= 4 is 17.5 Å². The van der Waals surface area contributed by atoms with Crippen LogP contribution in [-0.2, 0) is 19.1 Å². The van der Waals surface area contributed by atoms with Gasteiger partial charge in [-0.1, -0.05) is 0 Å². The van der Waals surface area contributed by atoms with Crippen molar-refractivity contribution in [3.63, 3.8) is 0 Å². The molecule has 0 saturated heterocycles. The molecule has 13 heavy (non-hydrogen) atoms. The number of esters is 1. The van der Waals surface area contributed by atoms with E-state index in [9.17, 15) is 14.4 Å². The number of hydrogen-bond donors (Lipinski definition) is 0. The van der Waals surface area contributed by atoms with Gasteiger partial charge < -0.3 is 4.74 Å². The predicted octanol–water partition coefficient (Wildman–Crippen LogP) is 0.488. The van der Waals surface area contributed by atoms with Gasteiger partial charge in [0, 0.05) is 12.3 Å². The number of ketones is 2. The summed E-state index contributed by atoms with van der Waals surface area (Å²) in [5.74, 6) is -1.61. The molecule has 1 saturated carbocycles. The number of hydrogen-bond acceptors (Lipinski definition) is 4. The minimum absolute atomic E-state index is 0.0427. The molecule has 4 nitrogen and oxygen atoms in total. The van der Waals surface area contributed by atoms with Crippen LogP contribution in [-0.4, -0.2) is 24.6 Å². The SMILES string of the molecule is COC(=O)CC1CCCC(=O)C1=O. The molecule has 1 unspecified atom stereocenters. The van der Waals surface area contributed by atoms with E-state index >= 15 is 0 Å². The lowest BCUT2D eigenvalue weighted by Crippen LogP contribution is -2.30. The average Bonchev–Trinajstić information content (AvgIpc) is 2.13. The Morgan fingerprint density at radius 1 is 1.54 bits per heavy atom. The lowest BCUT2D eigenvalue weighted by Gasteiger charge is -2.17. The average molecular weight is 184 g/mol. The van der Waals surface area contributed by atoms with Crippen molar-refractivity contribution in [3.8, 4) is 0 Å². The molecular formula is C9H12O4. The lowest BCUT2D eigenvalue weighted by molar-refractivity contribution is -0.147. The van der Waals surface area contributed by atoms with E-state index in [0.29, 0.717) is 19.3 Å². The molecule has 72 valence electrons. The summed E-state index contributed by atoms with van der Waals surface area (Å²) in [5.41, 5.74) is 0. The molecule has 0 spiro atoms. The first-order valence-electron chi connectivity index (χ1n) is 4.29. The summed E-state index contributed by atoms with van der Waals surface area (Å²) in [6, 6.07) is 0. The molecule has 4 heteroatoms. The Labute approximate surface area is 76.3 Å². The van der Waals surface area contributed by atoms with Crippen molar-refractivity contribution in [1.29, 1.82) is 0 Å². The van der Waals surface area contributed by atoms with E-state index in [1.54, 1.807) is 0 Å². The smallest absolute Gasteiger partial charge is 0.306 e. The maximum atomic E-state index is 11.2. The van der Waals surface area contributed by atoms with Crippen LogP contribution in [0.15, 0.2) is 0 Å². The van der Waals surface area contributed by atoms with Crippen LogP contribution < -0.4 is 0 Å². The normalized spacial score (nSPS) is 23.0. The van der Waals surface area contributed by atoms with Crippen molar-refractivity contribution in [2.24, 2.45) is 5.92 Å². The third-order valence-electron chi connectivity index (χ3n) is 2.24. The maximum absolute atomic E-state index is 11.2. The summed E-state index contributed by atoms with van der Waals surface area (Å²) in [6.45, 7) is 0.